The standard InChI is InChI=1S/C17H19N5O5/c1-24-11-6-5-10(15(23)14(11)18)17-19-20-21-22(17)9-7-12(25-2)16(27-4)13(8-9)26-3/h5-8,23H,18H2,1-4H3. The quantitative estimate of drug-likeness (QED) is 0.490. The Hall–Kier alpha value is -3.69. The summed E-state index contributed by atoms with van der Waals surface area (Å²) >= 11 is 0. The lowest BCUT2D eigenvalue weighted by Crippen LogP contribution is -2.03. The Bertz CT molecular complexity index is 947. The lowest BCUT2D eigenvalue weighted by molar-refractivity contribution is 0.324. The normalized spacial score (nSPS) is 10.5. The van der Waals surface area contributed by atoms with Crippen LogP contribution in [-0.4, -0.2) is 53.8 Å². The van der Waals surface area contributed by atoms with Crippen molar-refractivity contribution in [3.63, 3.8) is 0 Å². The number of nitrogens with two attached hydrogens (primary N) is 1. The van der Waals surface area contributed by atoms with Gasteiger partial charge in [0.2, 0.25) is 5.75 Å². The molecule has 0 spiro atoms. The van der Waals surface area contributed by atoms with E-state index in [2.05, 4.69) is 15.5 Å². The molecule has 27 heavy (non-hydrogen) atoms. The highest BCUT2D eigenvalue weighted by atomic mass is 16.5. The summed E-state index contributed by atoms with van der Waals surface area (Å²) in [6.45, 7) is 0. The predicted molar refractivity (Wildman–Crippen MR) is 96.9 cm³/mol. The third-order valence-electron chi connectivity index (χ3n) is 4.00. The number of aromatic hydroxyl groups is 1. The van der Waals surface area contributed by atoms with E-state index < -0.39 is 0 Å². The van der Waals surface area contributed by atoms with Gasteiger partial charge in [0.1, 0.15) is 11.4 Å². The second kappa shape index (κ2) is 7.28. The number of methoxy groups -OCH3 is 4. The van der Waals surface area contributed by atoms with E-state index in [4.69, 9.17) is 24.7 Å². The highest BCUT2D eigenvalue weighted by Gasteiger charge is 2.21. The number of hydrogen-bond donors (Lipinski definition) is 2. The number of nitrogens with zero attached hydrogens (tertiary/aromatic N) is 4. The molecule has 0 atom stereocenters. The lowest BCUT2D eigenvalue weighted by Gasteiger charge is -2.15. The van der Waals surface area contributed by atoms with Crippen LogP contribution in [0.2, 0.25) is 0 Å². The molecule has 0 unspecified atom stereocenters. The molecule has 0 aliphatic carbocycles. The van der Waals surface area contributed by atoms with Gasteiger partial charge in [-0.05, 0) is 22.6 Å². The molecule has 142 valence electrons. The number of phenols is 1. The first-order chi connectivity index (χ1) is 13.0. The van der Waals surface area contributed by atoms with Gasteiger partial charge < -0.3 is 29.8 Å². The van der Waals surface area contributed by atoms with Gasteiger partial charge >= 0.3 is 0 Å². The molecule has 3 rings (SSSR count). The maximum absolute atomic E-state index is 10.5. The summed E-state index contributed by atoms with van der Waals surface area (Å²) in [5.74, 6) is 1.76. The molecule has 0 bridgehead atoms. The summed E-state index contributed by atoms with van der Waals surface area (Å²) in [7, 11) is 6.00. The molecular formula is C17H19N5O5. The van der Waals surface area contributed by atoms with Crippen molar-refractivity contribution in [2.75, 3.05) is 34.2 Å². The summed E-state index contributed by atoms with van der Waals surface area (Å²) in [6, 6.07) is 6.61. The zero-order valence-corrected chi connectivity index (χ0v) is 15.3. The van der Waals surface area contributed by atoms with Gasteiger partial charge in [0, 0.05) is 12.1 Å². The number of nitrogen functional groups attached to an aromatic ring is 1. The molecular weight excluding hydrogens is 354 g/mol. The van der Waals surface area contributed by atoms with Gasteiger partial charge in [0.05, 0.1) is 39.7 Å². The largest absolute Gasteiger partial charge is 0.505 e. The van der Waals surface area contributed by atoms with Crippen LogP contribution >= 0.6 is 0 Å². The zero-order chi connectivity index (χ0) is 19.6. The van der Waals surface area contributed by atoms with Crippen LogP contribution in [0.4, 0.5) is 5.69 Å². The Morgan fingerprint density at radius 3 is 2.11 bits per heavy atom. The van der Waals surface area contributed by atoms with Crippen LogP contribution in [-0.2, 0) is 0 Å². The number of ether oxygens (including phenoxy) is 4. The molecule has 0 saturated heterocycles. The number of anilines is 1. The van der Waals surface area contributed by atoms with Crippen LogP contribution in [0.1, 0.15) is 0 Å². The number of aromatic nitrogens is 4. The molecule has 0 radical (unpaired) electrons. The number of phenolic OH excluding ortho intramolecular Hbond substituents is 1. The van der Waals surface area contributed by atoms with E-state index >= 15 is 0 Å². The van der Waals surface area contributed by atoms with Gasteiger partial charge in [-0.2, -0.15) is 4.68 Å². The van der Waals surface area contributed by atoms with Crippen LogP contribution < -0.4 is 24.7 Å². The summed E-state index contributed by atoms with van der Waals surface area (Å²) < 4.78 is 22.6. The first-order valence-electron chi connectivity index (χ1n) is 7.80. The van der Waals surface area contributed by atoms with E-state index in [0.717, 1.165) is 0 Å². The van der Waals surface area contributed by atoms with Gasteiger partial charge in [-0.15, -0.1) is 5.10 Å². The Kier molecular flexibility index (Phi) is 4.88. The molecule has 2 aromatic carbocycles. The number of hydrogen-bond acceptors (Lipinski definition) is 9. The summed E-state index contributed by atoms with van der Waals surface area (Å²) in [5, 5.41) is 22.2. The number of benzene rings is 2. The van der Waals surface area contributed by atoms with E-state index in [1.54, 1.807) is 24.3 Å². The van der Waals surface area contributed by atoms with Crippen molar-refractivity contribution in [2.24, 2.45) is 0 Å². The van der Waals surface area contributed by atoms with Crippen LogP contribution in [0.5, 0.6) is 28.7 Å². The Labute approximate surface area is 155 Å². The van der Waals surface area contributed by atoms with Crippen LogP contribution in [0.3, 0.4) is 0 Å². The monoisotopic (exact) mass is 373 g/mol. The topological polar surface area (TPSA) is 127 Å². The summed E-state index contributed by atoms with van der Waals surface area (Å²) in [6.07, 6.45) is 0. The fourth-order valence-corrected chi connectivity index (χ4v) is 2.67. The van der Waals surface area contributed by atoms with E-state index in [9.17, 15) is 5.11 Å². The Morgan fingerprint density at radius 1 is 0.926 bits per heavy atom. The fourth-order valence-electron chi connectivity index (χ4n) is 2.67. The predicted octanol–water partition coefficient (Wildman–Crippen LogP) is 1.65. The smallest absolute Gasteiger partial charge is 0.203 e. The Morgan fingerprint density at radius 2 is 1.56 bits per heavy atom. The van der Waals surface area contributed by atoms with E-state index in [1.807, 2.05) is 0 Å². The zero-order valence-electron chi connectivity index (χ0n) is 15.3. The van der Waals surface area contributed by atoms with E-state index in [1.165, 1.54) is 33.1 Å². The Balaban J connectivity index is 2.18. The molecule has 10 heteroatoms. The summed E-state index contributed by atoms with van der Waals surface area (Å²) in [4.78, 5) is 0. The molecule has 10 nitrogen and oxygen atoms in total. The molecule has 3 N–H and O–H groups in total. The van der Waals surface area contributed by atoms with E-state index in [0.29, 0.717) is 34.2 Å². The minimum absolute atomic E-state index is 0.0921. The molecule has 0 aliphatic heterocycles. The first-order valence-corrected chi connectivity index (χ1v) is 7.80. The minimum Gasteiger partial charge on any atom is -0.505 e. The van der Waals surface area contributed by atoms with Gasteiger partial charge in [-0.1, -0.05) is 0 Å². The van der Waals surface area contributed by atoms with Crippen molar-refractivity contribution in [1.29, 1.82) is 0 Å². The van der Waals surface area contributed by atoms with E-state index in [-0.39, 0.29) is 17.3 Å². The maximum atomic E-state index is 10.5. The molecule has 0 amide bonds. The SMILES string of the molecule is COc1ccc(-c2nnnn2-c2cc(OC)c(OC)c(OC)c2)c(O)c1N. The van der Waals surface area contributed by atoms with Crippen LogP contribution in [0, 0.1) is 0 Å². The van der Waals surface area contributed by atoms with Crippen molar-refractivity contribution in [3.05, 3.63) is 24.3 Å². The van der Waals surface area contributed by atoms with Gasteiger partial charge in [0.15, 0.2) is 23.1 Å². The van der Waals surface area contributed by atoms with Crippen molar-refractivity contribution >= 4 is 5.69 Å². The second-order valence-electron chi connectivity index (χ2n) is 5.38. The molecule has 0 saturated carbocycles. The third kappa shape index (κ3) is 3.01. The highest BCUT2D eigenvalue weighted by molar-refractivity contribution is 5.77. The van der Waals surface area contributed by atoms with Crippen LogP contribution in [0.15, 0.2) is 24.3 Å². The van der Waals surface area contributed by atoms with Crippen molar-refractivity contribution in [2.45, 2.75) is 0 Å². The second-order valence-corrected chi connectivity index (χ2v) is 5.38. The molecule has 1 aromatic heterocycles. The number of tetrazole rings is 1. The van der Waals surface area contributed by atoms with Crippen molar-refractivity contribution in [3.8, 4) is 45.8 Å². The average molecular weight is 373 g/mol. The highest BCUT2D eigenvalue weighted by Crippen LogP contribution is 2.42. The molecule has 0 fully saturated rings. The van der Waals surface area contributed by atoms with Gasteiger partial charge in [-0.25, -0.2) is 0 Å². The first kappa shape index (κ1) is 18.1. The molecule has 1 heterocycles. The molecule has 0 aliphatic rings. The van der Waals surface area contributed by atoms with Crippen molar-refractivity contribution in [1.82, 2.24) is 20.2 Å². The summed E-state index contributed by atoms with van der Waals surface area (Å²) in [5.41, 5.74) is 6.88. The lowest BCUT2D eigenvalue weighted by atomic mass is 10.1. The van der Waals surface area contributed by atoms with Gasteiger partial charge in [-0.3, -0.25) is 0 Å². The van der Waals surface area contributed by atoms with Crippen molar-refractivity contribution < 1.29 is 24.1 Å². The van der Waals surface area contributed by atoms with Gasteiger partial charge in [0.25, 0.3) is 0 Å². The number of rotatable bonds is 6. The third-order valence-corrected chi connectivity index (χ3v) is 4.00. The average Bonchev–Trinajstić information content (AvgIpc) is 3.18. The minimum atomic E-state index is -0.183. The van der Waals surface area contributed by atoms with Crippen LogP contribution in [0.25, 0.3) is 17.1 Å². The molecule has 3 aromatic rings. The fraction of sp³-hybridized carbons (Fsp3) is 0.235. The maximum Gasteiger partial charge on any atom is 0.203 e.